The molecule has 1 aromatic heterocycles. The number of hydrogen-bond donors (Lipinski definition) is 1. The SMILES string of the molecule is CCNC(Cc1ccc(F)c(Cl)c1)c1nccn1C. The number of hydrogen-bond acceptors (Lipinski definition) is 2. The van der Waals surface area contributed by atoms with Gasteiger partial charge in [0.2, 0.25) is 0 Å². The van der Waals surface area contributed by atoms with Crippen LogP contribution in [0.25, 0.3) is 0 Å². The number of likely N-dealkylation sites (N-methyl/N-ethyl adjacent to an activating group) is 1. The van der Waals surface area contributed by atoms with E-state index in [0.29, 0.717) is 0 Å². The van der Waals surface area contributed by atoms with Gasteiger partial charge >= 0.3 is 0 Å². The summed E-state index contributed by atoms with van der Waals surface area (Å²) in [4.78, 5) is 4.36. The molecule has 19 heavy (non-hydrogen) atoms. The third-order valence-corrected chi connectivity index (χ3v) is 3.33. The molecule has 0 saturated carbocycles. The highest BCUT2D eigenvalue weighted by atomic mass is 35.5. The first-order valence-corrected chi connectivity index (χ1v) is 6.64. The molecule has 1 heterocycles. The summed E-state index contributed by atoms with van der Waals surface area (Å²) in [6.45, 7) is 2.89. The Bertz CT molecular complexity index is 553. The maximum Gasteiger partial charge on any atom is 0.141 e. The van der Waals surface area contributed by atoms with E-state index in [0.717, 1.165) is 24.4 Å². The van der Waals surface area contributed by atoms with Gasteiger partial charge in [-0.15, -0.1) is 0 Å². The van der Waals surface area contributed by atoms with Crippen LogP contribution in [0.5, 0.6) is 0 Å². The summed E-state index contributed by atoms with van der Waals surface area (Å²) >= 11 is 5.81. The van der Waals surface area contributed by atoms with E-state index in [1.807, 2.05) is 24.7 Å². The third-order valence-electron chi connectivity index (χ3n) is 3.04. The fourth-order valence-corrected chi connectivity index (χ4v) is 2.32. The van der Waals surface area contributed by atoms with Gasteiger partial charge < -0.3 is 9.88 Å². The molecule has 2 rings (SSSR count). The number of halogens is 2. The van der Waals surface area contributed by atoms with Gasteiger partial charge in [0.25, 0.3) is 0 Å². The van der Waals surface area contributed by atoms with Crippen LogP contribution < -0.4 is 5.32 Å². The Hall–Kier alpha value is -1.39. The van der Waals surface area contributed by atoms with Crippen molar-refractivity contribution in [3.63, 3.8) is 0 Å². The number of nitrogens with zero attached hydrogens (tertiary/aromatic N) is 2. The molecule has 0 bridgehead atoms. The van der Waals surface area contributed by atoms with Gasteiger partial charge in [-0.05, 0) is 30.7 Å². The summed E-state index contributed by atoms with van der Waals surface area (Å²) in [6.07, 6.45) is 4.41. The van der Waals surface area contributed by atoms with Gasteiger partial charge in [-0.1, -0.05) is 24.6 Å². The number of aromatic nitrogens is 2. The Morgan fingerprint density at radius 3 is 2.84 bits per heavy atom. The minimum atomic E-state index is -0.387. The molecule has 102 valence electrons. The molecule has 0 saturated heterocycles. The Labute approximate surface area is 117 Å². The predicted molar refractivity (Wildman–Crippen MR) is 74.7 cm³/mol. The van der Waals surface area contributed by atoms with Crippen LogP contribution in [0.1, 0.15) is 24.4 Å². The first-order valence-electron chi connectivity index (χ1n) is 6.26. The summed E-state index contributed by atoms with van der Waals surface area (Å²) in [5.41, 5.74) is 0.986. The number of aryl methyl sites for hydroxylation is 1. The van der Waals surface area contributed by atoms with Crippen LogP contribution in [-0.4, -0.2) is 16.1 Å². The molecule has 0 aliphatic carbocycles. The zero-order valence-corrected chi connectivity index (χ0v) is 11.8. The zero-order chi connectivity index (χ0) is 13.8. The fraction of sp³-hybridized carbons (Fsp3) is 0.357. The van der Waals surface area contributed by atoms with E-state index in [9.17, 15) is 4.39 Å². The number of imidazole rings is 1. The average molecular weight is 282 g/mol. The lowest BCUT2D eigenvalue weighted by Crippen LogP contribution is -2.25. The molecule has 1 atom stereocenters. The van der Waals surface area contributed by atoms with Crippen LogP contribution >= 0.6 is 11.6 Å². The monoisotopic (exact) mass is 281 g/mol. The first kappa shape index (κ1) is 14.0. The van der Waals surface area contributed by atoms with Crippen molar-refractivity contribution in [2.45, 2.75) is 19.4 Å². The van der Waals surface area contributed by atoms with Gasteiger partial charge in [-0.25, -0.2) is 9.37 Å². The standard InChI is InChI=1S/C14H17ClFN3/c1-3-17-13(14-18-6-7-19(14)2)9-10-4-5-12(16)11(15)8-10/h4-8,13,17H,3,9H2,1-2H3. The van der Waals surface area contributed by atoms with Crippen LogP contribution in [0.3, 0.4) is 0 Å². The molecule has 1 unspecified atom stereocenters. The molecule has 1 aromatic carbocycles. The molecule has 0 fully saturated rings. The smallest absolute Gasteiger partial charge is 0.141 e. The van der Waals surface area contributed by atoms with Gasteiger partial charge in [0, 0.05) is 19.4 Å². The second-order valence-corrected chi connectivity index (χ2v) is 4.87. The van der Waals surface area contributed by atoms with Crippen molar-refractivity contribution in [1.29, 1.82) is 0 Å². The Morgan fingerprint density at radius 2 is 2.26 bits per heavy atom. The van der Waals surface area contributed by atoms with Crippen LogP contribution in [0.15, 0.2) is 30.6 Å². The van der Waals surface area contributed by atoms with Crippen molar-refractivity contribution in [2.24, 2.45) is 7.05 Å². The van der Waals surface area contributed by atoms with Crippen LogP contribution in [0, 0.1) is 5.82 Å². The molecule has 5 heteroatoms. The average Bonchev–Trinajstić information content (AvgIpc) is 2.79. The summed E-state index contributed by atoms with van der Waals surface area (Å²) in [7, 11) is 1.96. The summed E-state index contributed by atoms with van der Waals surface area (Å²) in [5.74, 6) is 0.574. The van der Waals surface area contributed by atoms with Crippen molar-refractivity contribution in [3.8, 4) is 0 Å². The molecule has 0 radical (unpaired) electrons. The van der Waals surface area contributed by atoms with Gasteiger partial charge in [-0.2, -0.15) is 0 Å². The maximum absolute atomic E-state index is 13.2. The van der Waals surface area contributed by atoms with Gasteiger partial charge in [0.1, 0.15) is 11.6 Å². The molecule has 3 nitrogen and oxygen atoms in total. The summed E-state index contributed by atoms with van der Waals surface area (Å²) < 4.78 is 15.1. The Balaban J connectivity index is 2.21. The van der Waals surface area contributed by atoms with Crippen molar-refractivity contribution >= 4 is 11.6 Å². The van der Waals surface area contributed by atoms with E-state index in [1.54, 1.807) is 18.3 Å². The summed E-state index contributed by atoms with van der Waals surface area (Å²) in [5, 5.41) is 3.55. The Morgan fingerprint density at radius 1 is 1.47 bits per heavy atom. The van der Waals surface area contributed by atoms with Crippen molar-refractivity contribution in [2.75, 3.05) is 6.54 Å². The lowest BCUT2D eigenvalue weighted by molar-refractivity contribution is 0.506. The molecule has 2 aromatic rings. The zero-order valence-electron chi connectivity index (χ0n) is 11.0. The predicted octanol–water partition coefficient (Wildman–Crippen LogP) is 3.11. The van der Waals surface area contributed by atoms with Gasteiger partial charge in [0.15, 0.2) is 0 Å². The van der Waals surface area contributed by atoms with Crippen LogP contribution in [0.4, 0.5) is 4.39 Å². The topological polar surface area (TPSA) is 29.9 Å². The van der Waals surface area contributed by atoms with E-state index in [-0.39, 0.29) is 16.9 Å². The summed E-state index contributed by atoms with van der Waals surface area (Å²) in [6, 6.07) is 4.92. The lowest BCUT2D eigenvalue weighted by atomic mass is 10.1. The third kappa shape index (κ3) is 3.33. The van der Waals surface area contributed by atoms with E-state index in [2.05, 4.69) is 10.3 Å². The van der Waals surface area contributed by atoms with Crippen molar-refractivity contribution in [1.82, 2.24) is 14.9 Å². The normalized spacial score (nSPS) is 12.6. The van der Waals surface area contributed by atoms with Crippen molar-refractivity contribution in [3.05, 3.63) is 52.8 Å². The minimum absolute atomic E-state index is 0.0894. The number of rotatable bonds is 5. The quantitative estimate of drug-likeness (QED) is 0.913. The number of benzene rings is 1. The van der Waals surface area contributed by atoms with Gasteiger partial charge in [-0.3, -0.25) is 0 Å². The van der Waals surface area contributed by atoms with Crippen LogP contribution in [0.2, 0.25) is 5.02 Å². The second kappa shape index (κ2) is 6.17. The highest BCUT2D eigenvalue weighted by molar-refractivity contribution is 6.30. The lowest BCUT2D eigenvalue weighted by Gasteiger charge is -2.18. The largest absolute Gasteiger partial charge is 0.337 e. The van der Waals surface area contributed by atoms with Crippen molar-refractivity contribution < 1.29 is 4.39 Å². The van der Waals surface area contributed by atoms with E-state index in [1.165, 1.54) is 6.07 Å². The molecule has 1 N–H and O–H groups in total. The molecule has 0 aliphatic heterocycles. The van der Waals surface area contributed by atoms with Gasteiger partial charge in [0.05, 0.1) is 11.1 Å². The number of nitrogens with one attached hydrogen (secondary N) is 1. The second-order valence-electron chi connectivity index (χ2n) is 4.46. The minimum Gasteiger partial charge on any atom is -0.337 e. The highest BCUT2D eigenvalue weighted by Crippen LogP contribution is 2.21. The highest BCUT2D eigenvalue weighted by Gasteiger charge is 2.16. The van der Waals surface area contributed by atoms with E-state index >= 15 is 0 Å². The molecule has 0 aliphatic rings. The molecular weight excluding hydrogens is 265 g/mol. The van der Waals surface area contributed by atoms with Crippen LogP contribution in [-0.2, 0) is 13.5 Å². The van der Waals surface area contributed by atoms with E-state index in [4.69, 9.17) is 11.6 Å². The molecular formula is C14H17ClFN3. The van der Waals surface area contributed by atoms with E-state index < -0.39 is 0 Å². The first-order chi connectivity index (χ1) is 9.11. The molecule has 0 amide bonds. The Kier molecular flexibility index (Phi) is 4.56. The maximum atomic E-state index is 13.2. The molecule has 0 spiro atoms. The fourth-order valence-electron chi connectivity index (χ4n) is 2.12.